The predicted molar refractivity (Wildman–Crippen MR) is 103 cm³/mol. The molecule has 1 fully saturated rings. The molecule has 1 aliphatic rings. The van der Waals surface area contributed by atoms with Crippen molar-refractivity contribution in [3.05, 3.63) is 73.6 Å². The number of thioether (sulfide) groups is 1. The van der Waals surface area contributed by atoms with E-state index in [1.807, 2.05) is 0 Å². The van der Waals surface area contributed by atoms with E-state index in [0.717, 1.165) is 22.2 Å². The fourth-order valence-corrected chi connectivity index (χ4v) is 3.60. The fourth-order valence-electron chi connectivity index (χ4n) is 2.55. The molecule has 2 aromatic rings. The zero-order valence-corrected chi connectivity index (χ0v) is 15.6. The number of methoxy groups -OCH3 is 1. The zero-order valence-electron chi connectivity index (χ0n) is 14.0. The van der Waals surface area contributed by atoms with Gasteiger partial charge in [0.1, 0.15) is 0 Å². The lowest BCUT2D eigenvalue weighted by Gasteiger charge is -2.12. The minimum absolute atomic E-state index is 0.103. The van der Waals surface area contributed by atoms with Crippen LogP contribution in [-0.2, 0) is 11.3 Å². The summed E-state index contributed by atoms with van der Waals surface area (Å²) in [6.45, 7) is 0.103. The number of amides is 2. The summed E-state index contributed by atoms with van der Waals surface area (Å²) in [5.74, 6) is -0.338. The Morgan fingerprint density at radius 1 is 1.26 bits per heavy atom. The van der Waals surface area contributed by atoms with Crippen molar-refractivity contribution in [2.24, 2.45) is 0 Å². The maximum atomic E-state index is 12.6. The summed E-state index contributed by atoms with van der Waals surface area (Å²) in [5, 5.41) is 11.2. The number of hydrogen-bond acceptors (Lipinski definition) is 6. The first-order chi connectivity index (χ1) is 12.9. The monoisotopic (exact) mass is 404 g/mol. The van der Waals surface area contributed by atoms with E-state index in [9.17, 15) is 19.7 Å². The lowest BCUT2D eigenvalue weighted by atomic mass is 10.1. The second-order valence-corrected chi connectivity index (χ2v) is 7.02. The number of carbonyl (C=O) groups excluding carboxylic acids is 2. The van der Waals surface area contributed by atoms with Gasteiger partial charge >= 0.3 is 5.69 Å². The van der Waals surface area contributed by atoms with Crippen molar-refractivity contribution in [3.8, 4) is 5.75 Å². The van der Waals surface area contributed by atoms with Crippen molar-refractivity contribution in [2.75, 3.05) is 7.11 Å². The Morgan fingerprint density at radius 2 is 2.04 bits per heavy atom. The quantitative estimate of drug-likeness (QED) is 0.414. The number of nitrogens with zero attached hydrogens (tertiary/aromatic N) is 2. The molecule has 0 saturated carbocycles. The molecule has 0 radical (unpaired) electrons. The molecule has 0 N–H and O–H groups in total. The molecule has 27 heavy (non-hydrogen) atoms. The molecule has 1 saturated heterocycles. The third-order valence-corrected chi connectivity index (χ3v) is 4.94. The number of nitro groups is 1. The molecule has 0 bridgehead atoms. The first-order valence-electron chi connectivity index (χ1n) is 7.71. The first-order valence-corrected chi connectivity index (χ1v) is 8.90. The number of hydrogen-bond donors (Lipinski definition) is 0. The zero-order chi connectivity index (χ0) is 19.6. The van der Waals surface area contributed by atoms with Crippen LogP contribution in [0, 0.1) is 10.1 Å². The van der Waals surface area contributed by atoms with Crippen LogP contribution in [0.4, 0.5) is 10.5 Å². The highest BCUT2D eigenvalue weighted by atomic mass is 35.5. The van der Waals surface area contributed by atoms with Gasteiger partial charge in [-0.15, -0.1) is 0 Å². The Morgan fingerprint density at radius 3 is 2.70 bits per heavy atom. The summed E-state index contributed by atoms with van der Waals surface area (Å²) >= 11 is 6.72. The van der Waals surface area contributed by atoms with E-state index in [1.54, 1.807) is 30.3 Å². The second-order valence-electron chi connectivity index (χ2n) is 5.59. The van der Waals surface area contributed by atoms with Gasteiger partial charge in [0.15, 0.2) is 5.75 Å². The van der Waals surface area contributed by atoms with Gasteiger partial charge in [-0.3, -0.25) is 24.6 Å². The smallest absolute Gasteiger partial charge is 0.311 e. The Bertz CT molecular complexity index is 976. The molecule has 9 heteroatoms. The normalized spacial score (nSPS) is 15.5. The largest absolute Gasteiger partial charge is 0.490 e. The molecule has 1 aliphatic heterocycles. The average Bonchev–Trinajstić information content (AvgIpc) is 2.89. The minimum Gasteiger partial charge on any atom is -0.490 e. The topological polar surface area (TPSA) is 89.8 Å². The highest BCUT2D eigenvalue weighted by Gasteiger charge is 2.35. The Kier molecular flexibility index (Phi) is 5.48. The third-order valence-electron chi connectivity index (χ3n) is 3.80. The Balaban J connectivity index is 1.86. The average molecular weight is 405 g/mol. The van der Waals surface area contributed by atoms with E-state index < -0.39 is 16.1 Å². The number of benzene rings is 2. The summed E-state index contributed by atoms with van der Waals surface area (Å²) in [7, 11) is 1.34. The molecule has 0 aromatic heterocycles. The number of nitro benzene ring substituents is 1. The number of imide groups is 1. The van der Waals surface area contributed by atoms with Gasteiger partial charge in [-0.25, -0.2) is 0 Å². The van der Waals surface area contributed by atoms with Crippen LogP contribution in [0.5, 0.6) is 5.75 Å². The van der Waals surface area contributed by atoms with Crippen molar-refractivity contribution in [1.29, 1.82) is 0 Å². The van der Waals surface area contributed by atoms with Crippen LogP contribution in [-0.4, -0.2) is 28.1 Å². The van der Waals surface area contributed by atoms with Gasteiger partial charge in [-0.05, 0) is 47.2 Å². The molecule has 7 nitrogen and oxygen atoms in total. The van der Waals surface area contributed by atoms with Crippen LogP contribution in [0.1, 0.15) is 11.1 Å². The SMILES string of the molecule is COc1ccc(/C=C2\SC(=O)N(Cc3cccc(Cl)c3)C2=O)cc1[N+](=O)[O-]. The first kappa shape index (κ1) is 18.9. The standard InChI is InChI=1S/C18H13ClN2O5S/c1-26-15-6-5-11(8-14(15)21(24)25)9-16-17(22)20(18(23)27-16)10-12-3-2-4-13(19)7-12/h2-9H,10H2,1H3/b16-9-. The van der Waals surface area contributed by atoms with Gasteiger partial charge in [0.25, 0.3) is 11.1 Å². The van der Waals surface area contributed by atoms with Crippen LogP contribution in [0.2, 0.25) is 5.02 Å². The third kappa shape index (κ3) is 4.12. The second kappa shape index (κ2) is 7.81. The number of carbonyl (C=O) groups is 2. The number of halogens is 1. The predicted octanol–water partition coefficient (Wildman–Crippen LogP) is 4.49. The van der Waals surface area contributed by atoms with Crippen LogP contribution < -0.4 is 4.74 Å². The van der Waals surface area contributed by atoms with Gasteiger partial charge in [-0.2, -0.15) is 0 Å². The molecule has 0 unspecified atom stereocenters. The molecule has 1 heterocycles. The summed E-state index contributed by atoms with van der Waals surface area (Å²) in [6, 6.07) is 11.2. The Hall–Kier alpha value is -2.84. The van der Waals surface area contributed by atoms with Crippen LogP contribution in [0.25, 0.3) is 6.08 Å². The van der Waals surface area contributed by atoms with Crippen molar-refractivity contribution < 1.29 is 19.2 Å². The highest BCUT2D eigenvalue weighted by Crippen LogP contribution is 2.35. The van der Waals surface area contributed by atoms with Crippen LogP contribution >= 0.6 is 23.4 Å². The van der Waals surface area contributed by atoms with Crippen LogP contribution in [0.15, 0.2) is 47.4 Å². The van der Waals surface area contributed by atoms with Gasteiger partial charge in [0.05, 0.1) is 23.5 Å². The summed E-state index contributed by atoms with van der Waals surface area (Å²) in [4.78, 5) is 36.7. The van der Waals surface area contributed by atoms with E-state index in [-0.39, 0.29) is 22.9 Å². The van der Waals surface area contributed by atoms with E-state index in [1.165, 1.54) is 25.3 Å². The van der Waals surface area contributed by atoms with Gasteiger partial charge < -0.3 is 4.74 Å². The number of ether oxygens (including phenoxy) is 1. The molecule has 0 aliphatic carbocycles. The lowest BCUT2D eigenvalue weighted by Crippen LogP contribution is -2.27. The van der Waals surface area contributed by atoms with Crippen molar-refractivity contribution >= 4 is 46.3 Å². The minimum atomic E-state index is -0.568. The van der Waals surface area contributed by atoms with Crippen molar-refractivity contribution in [2.45, 2.75) is 6.54 Å². The number of rotatable bonds is 5. The van der Waals surface area contributed by atoms with Crippen molar-refractivity contribution in [1.82, 2.24) is 4.90 Å². The summed E-state index contributed by atoms with van der Waals surface area (Å²) in [6.07, 6.45) is 1.45. The molecule has 3 rings (SSSR count). The molecule has 2 aromatic carbocycles. The van der Waals surface area contributed by atoms with Crippen molar-refractivity contribution in [3.63, 3.8) is 0 Å². The molecular formula is C18H13ClN2O5S. The molecular weight excluding hydrogens is 392 g/mol. The summed E-state index contributed by atoms with van der Waals surface area (Å²) < 4.78 is 4.96. The van der Waals surface area contributed by atoms with E-state index >= 15 is 0 Å². The summed E-state index contributed by atoms with van der Waals surface area (Å²) in [5.41, 5.74) is 0.936. The molecule has 138 valence electrons. The van der Waals surface area contributed by atoms with Gasteiger partial charge in [0, 0.05) is 11.1 Å². The molecule has 2 amide bonds. The molecule has 0 spiro atoms. The van der Waals surface area contributed by atoms with Crippen LogP contribution in [0.3, 0.4) is 0 Å². The van der Waals surface area contributed by atoms with Gasteiger partial charge in [0.2, 0.25) is 0 Å². The maximum Gasteiger partial charge on any atom is 0.311 e. The van der Waals surface area contributed by atoms with E-state index in [2.05, 4.69) is 0 Å². The van der Waals surface area contributed by atoms with E-state index in [0.29, 0.717) is 10.6 Å². The molecule has 0 atom stereocenters. The lowest BCUT2D eigenvalue weighted by molar-refractivity contribution is -0.385. The maximum absolute atomic E-state index is 12.6. The van der Waals surface area contributed by atoms with E-state index in [4.69, 9.17) is 16.3 Å². The van der Waals surface area contributed by atoms with Gasteiger partial charge in [-0.1, -0.05) is 29.8 Å². The fraction of sp³-hybridized carbons (Fsp3) is 0.111. The Labute approximate surface area is 163 Å². The highest BCUT2D eigenvalue weighted by molar-refractivity contribution is 8.18.